The lowest BCUT2D eigenvalue weighted by molar-refractivity contribution is 0.210. The van der Waals surface area contributed by atoms with Gasteiger partial charge in [0.2, 0.25) is 5.95 Å². The first-order chi connectivity index (χ1) is 8.70. The molecule has 0 amide bonds. The van der Waals surface area contributed by atoms with Crippen LogP contribution < -0.4 is 4.90 Å². The van der Waals surface area contributed by atoms with Gasteiger partial charge in [0.05, 0.1) is 4.47 Å². The number of halogens is 1. The van der Waals surface area contributed by atoms with Gasteiger partial charge in [0.15, 0.2) is 0 Å². The molecule has 0 saturated carbocycles. The number of piperidine rings is 1. The van der Waals surface area contributed by atoms with E-state index >= 15 is 0 Å². The zero-order chi connectivity index (χ0) is 13.0. The molecule has 1 aromatic rings. The van der Waals surface area contributed by atoms with Crippen LogP contribution in [0.4, 0.5) is 5.95 Å². The summed E-state index contributed by atoms with van der Waals surface area (Å²) in [5, 5.41) is 8.99. The second kappa shape index (κ2) is 6.48. The Kier molecular flexibility index (Phi) is 4.95. The fourth-order valence-corrected chi connectivity index (χ4v) is 2.78. The Morgan fingerprint density at radius 2 is 2.00 bits per heavy atom. The topological polar surface area (TPSA) is 49.2 Å². The average molecular weight is 314 g/mol. The minimum atomic E-state index is 0.303. The maximum absolute atomic E-state index is 8.99. The molecule has 1 aromatic heterocycles. The highest BCUT2D eigenvalue weighted by molar-refractivity contribution is 9.10. The molecule has 4 nitrogen and oxygen atoms in total. The van der Waals surface area contributed by atoms with Crippen molar-refractivity contribution >= 4 is 21.9 Å². The molecule has 0 aliphatic carbocycles. The SMILES string of the molecule is C[C@@H](CCO)C1CCN(c2ncc(Br)cn2)CC1. The van der Waals surface area contributed by atoms with E-state index in [0.717, 1.165) is 35.8 Å². The molecule has 0 radical (unpaired) electrons. The molecule has 0 spiro atoms. The summed E-state index contributed by atoms with van der Waals surface area (Å²) in [6, 6.07) is 0. The zero-order valence-electron chi connectivity index (χ0n) is 10.7. The van der Waals surface area contributed by atoms with Gasteiger partial charge in [-0.3, -0.25) is 0 Å². The number of rotatable bonds is 4. The Morgan fingerprint density at radius 1 is 1.39 bits per heavy atom. The summed E-state index contributed by atoms with van der Waals surface area (Å²) in [7, 11) is 0. The van der Waals surface area contributed by atoms with Crippen molar-refractivity contribution in [1.82, 2.24) is 9.97 Å². The van der Waals surface area contributed by atoms with Crippen molar-refractivity contribution in [2.24, 2.45) is 11.8 Å². The van der Waals surface area contributed by atoms with E-state index in [1.54, 1.807) is 12.4 Å². The minimum Gasteiger partial charge on any atom is -0.396 e. The van der Waals surface area contributed by atoms with Gasteiger partial charge in [-0.2, -0.15) is 0 Å². The van der Waals surface area contributed by atoms with Gasteiger partial charge < -0.3 is 10.0 Å². The van der Waals surface area contributed by atoms with E-state index < -0.39 is 0 Å². The molecule has 1 N–H and O–H groups in total. The molecule has 0 bridgehead atoms. The first-order valence-corrected chi connectivity index (χ1v) is 7.33. The lowest BCUT2D eigenvalue weighted by Gasteiger charge is -2.34. The van der Waals surface area contributed by atoms with Crippen LogP contribution in [0.15, 0.2) is 16.9 Å². The van der Waals surface area contributed by atoms with Crippen molar-refractivity contribution in [1.29, 1.82) is 0 Å². The van der Waals surface area contributed by atoms with E-state index in [2.05, 4.69) is 37.7 Å². The number of aliphatic hydroxyl groups is 1. The molecule has 1 atom stereocenters. The quantitative estimate of drug-likeness (QED) is 0.927. The van der Waals surface area contributed by atoms with Gasteiger partial charge >= 0.3 is 0 Å². The number of aliphatic hydroxyl groups excluding tert-OH is 1. The van der Waals surface area contributed by atoms with Crippen molar-refractivity contribution in [3.63, 3.8) is 0 Å². The molecular formula is C13H20BrN3O. The Hall–Kier alpha value is -0.680. The molecule has 1 saturated heterocycles. The molecule has 100 valence electrons. The van der Waals surface area contributed by atoms with Crippen LogP contribution in [-0.4, -0.2) is 34.8 Å². The number of hydrogen-bond donors (Lipinski definition) is 1. The Labute approximate surface area is 117 Å². The van der Waals surface area contributed by atoms with Gasteiger partial charge in [0.25, 0.3) is 0 Å². The second-order valence-corrected chi connectivity index (χ2v) is 5.93. The molecule has 0 unspecified atom stereocenters. The molecule has 5 heteroatoms. The Balaban J connectivity index is 1.88. The summed E-state index contributed by atoms with van der Waals surface area (Å²) in [5.74, 6) is 2.17. The largest absolute Gasteiger partial charge is 0.396 e. The van der Waals surface area contributed by atoms with Gasteiger partial charge in [-0.1, -0.05) is 6.92 Å². The molecule has 18 heavy (non-hydrogen) atoms. The average Bonchev–Trinajstić information content (AvgIpc) is 2.40. The van der Waals surface area contributed by atoms with Crippen LogP contribution in [0.5, 0.6) is 0 Å². The van der Waals surface area contributed by atoms with Gasteiger partial charge in [-0.25, -0.2) is 9.97 Å². The van der Waals surface area contributed by atoms with Crippen molar-refractivity contribution < 1.29 is 5.11 Å². The fourth-order valence-electron chi connectivity index (χ4n) is 2.58. The Morgan fingerprint density at radius 3 is 2.56 bits per heavy atom. The van der Waals surface area contributed by atoms with Crippen LogP contribution in [0.1, 0.15) is 26.2 Å². The number of hydrogen-bond acceptors (Lipinski definition) is 4. The summed E-state index contributed by atoms with van der Waals surface area (Å²) in [5.41, 5.74) is 0. The Bertz CT molecular complexity index is 363. The van der Waals surface area contributed by atoms with Crippen LogP contribution in [-0.2, 0) is 0 Å². The highest BCUT2D eigenvalue weighted by Gasteiger charge is 2.24. The number of anilines is 1. The van der Waals surface area contributed by atoms with Gasteiger partial charge in [0, 0.05) is 32.1 Å². The van der Waals surface area contributed by atoms with Crippen LogP contribution in [0.3, 0.4) is 0 Å². The van der Waals surface area contributed by atoms with Crippen molar-refractivity contribution in [3.05, 3.63) is 16.9 Å². The highest BCUT2D eigenvalue weighted by Crippen LogP contribution is 2.28. The standard InChI is InChI=1S/C13H20BrN3O/c1-10(4-7-18)11-2-5-17(6-3-11)13-15-8-12(14)9-16-13/h8-11,18H,2-7H2,1H3/t10-/m0/s1. The van der Waals surface area contributed by atoms with Gasteiger partial charge in [-0.05, 0) is 47.0 Å². The van der Waals surface area contributed by atoms with Crippen molar-refractivity contribution in [2.75, 3.05) is 24.6 Å². The van der Waals surface area contributed by atoms with E-state index in [-0.39, 0.29) is 0 Å². The second-order valence-electron chi connectivity index (χ2n) is 5.02. The number of nitrogens with zero attached hydrogens (tertiary/aromatic N) is 3. The zero-order valence-corrected chi connectivity index (χ0v) is 12.3. The molecule has 2 heterocycles. The predicted octanol–water partition coefficient (Wildman–Crippen LogP) is 2.47. The number of aromatic nitrogens is 2. The van der Waals surface area contributed by atoms with Crippen molar-refractivity contribution in [2.45, 2.75) is 26.2 Å². The van der Waals surface area contributed by atoms with Crippen molar-refractivity contribution in [3.8, 4) is 0 Å². The molecule has 0 aromatic carbocycles. The summed E-state index contributed by atoms with van der Waals surface area (Å²) >= 11 is 3.35. The monoisotopic (exact) mass is 313 g/mol. The smallest absolute Gasteiger partial charge is 0.225 e. The van der Waals surface area contributed by atoms with Crippen LogP contribution in [0, 0.1) is 11.8 Å². The minimum absolute atomic E-state index is 0.303. The van der Waals surface area contributed by atoms with E-state index in [1.807, 2.05) is 0 Å². The first-order valence-electron chi connectivity index (χ1n) is 6.54. The highest BCUT2D eigenvalue weighted by atomic mass is 79.9. The third-order valence-corrected chi connectivity index (χ3v) is 4.23. The summed E-state index contributed by atoms with van der Waals surface area (Å²) in [6.45, 7) is 4.58. The predicted molar refractivity (Wildman–Crippen MR) is 75.5 cm³/mol. The third-order valence-electron chi connectivity index (χ3n) is 3.82. The normalized spacial score (nSPS) is 18.9. The van der Waals surface area contributed by atoms with Crippen LogP contribution >= 0.6 is 15.9 Å². The van der Waals surface area contributed by atoms with Crippen LogP contribution in [0.2, 0.25) is 0 Å². The molecule has 2 rings (SSSR count). The maximum Gasteiger partial charge on any atom is 0.225 e. The van der Waals surface area contributed by atoms with E-state index in [0.29, 0.717) is 12.5 Å². The summed E-state index contributed by atoms with van der Waals surface area (Å²) < 4.78 is 0.915. The van der Waals surface area contributed by atoms with Gasteiger partial charge in [0.1, 0.15) is 0 Å². The van der Waals surface area contributed by atoms with Gasteiger partial charge in [-0.15, -0.1) is 0 Å². The van der Waals surface area contributed by atoms with Crippen LogP contribution in [0.25, 0.3) is 0 Å². The molecular weight excluding hydrogens is 294 g/mol. The van der Waals surface area contributed by atoms with E-state index in [9.17, 15) is 0 Å². The molecule has 1 aliphatic rings. The molecule has 1 aliphatic heterocycles. The fraction of sp³-hybridized carbons (Fsp3) is 0.692. The lowest BCUT2D eigenvalue weighted by atomic mass is 9.84. The molecule has 1 fully saturated rings. The van der Waals surface area contributed by atoms with E-state index in [1.165, 1.54) is 12.8 Å². The maximum atomic E-state index is 8.99. The summed E-state index contributed by atoms with van der Waals surface area (Å²) in [6.07, 6.45) is 6.84. The van der Waals surface area contributed by atoms with E-state index in [4.69, 9.17) is 5.11 Å². The lowest BCUT2D eigenvalue weighted by Crippen LogP contribution is -2.36. The summed E-state index contributed by atoms with van der Waals surface area (Å²) in [4.78, 5) is 10.9. The third kappa shape index (κ3) is 3.42. The first kappa shape index (κ1) is 13.7.